The molecule has 0 spiro atoms. The molecule has 2 aromatic rings. The topological polar surface area (TPSA) is 34.1 Å². The van der Waals surface area contributed by atoms with Crippen LogP contribution in [0.1, 0.15) is 57.8 Å². The summed E-state index contributed by atoms with van der Waals surface area (Å²) < 4.78 is 10.1. The highest BCUT2D eigenvalue weighted by Crippen LogP contribution is 2.60. The number of esters is 1. The first kappa shape index (κ1) is 20.7. The Balaban J connectivity index is 1.02. The SMILES string of the molecule is C[n+]1ccc(-c2cc[n+](CCCCCOC(=O)C34CC5CC(CC(C5)C3)C4)cc2)cc1. The number of hydrogen-bond acceptors (Lipinski definition) is 2. The highest BCUT2D eigenvalue weighted by molar-refractivity contribution is 5.77. The van der Waals surface area contributed by atoms with Crippen molar-refractivity contribution in [2.24, 2.45) is 30.2 Å². The Hall–Kier alpha value is -2.23. The van der Waals surface area contributed by atoms with Crippen LogP contribution in [-0.4, -0.2) is 12.6 Å². The van der Waals surface area contributed by atoms with Crippen LogP contribution in [0, 0.1) is 23.2 Å². The van der Waals surface area contributed by atoms with E-state index in [2.05, 4.69) is 53.6 Å². The molecular weight excluding hydrogens is 384 g/mol. The number of hydrogen-bond donors (Lipinski definition) is 0. The average molecular weight is 421 g/mol. The molecule has 4 fully saturated rings. The maximum Gasteiger partial charge on any atom is 0.312 e. The summed E-state index contributed by atoms with van der Waals surface area (Å²) in [6.45, 7) is 1.60. The van der Waals surface area contributed by atoms with Crippen LogP contribution in [-0.2, 0) is 23.1 Å². The second kappa shape index (κ2) is 8.72. The van der Waals surface area contributed by atoms with Crippen LogP contribution in [0.5, 0.6) is 0 Å². The van der Waals surface area contributed by atoms with E-state index in [1.807, 2.05) is 11.6 Å². The third kappa shape index (κ3) is 4.53. The Morgan fingerprint density at radius 1 is 0.871 bits per heavy atom. The van der Waals surface area contributed by atoms with Gasteiger partial charge in [0.2, 0.25) is 0 Å². The molecule has 0 aliphatic heterocycles. The van der Waals surface area contributed by atoms with Gasteiger partial charge in [-0.3, -0.25) is 4.79 Å². The molecule has 2 heterocycles. The zero-order valence-corrected chi connectivity index (χ0v) is 18.8. The number of pyridine rings is 2. The Morgan fingerprint density at radius 2 is 1.42 bits per heavy atom. The van der Waals surface area contributed by atoms with Gasteiger partial charge in [0.15, 0.2) is 24.8 Å². The smallest absolute Gasteiger partial charge is 0.312 e. The second-order valence-electron chi connectivity index (χ2n) is 10.5. The van der Waals surface area contributed by atoms with Crippen LogP contribution in [0.25, 0.3) is 11.1 Å². The zero-order chi connectivity index (χ0) is 21.3. The van der Waals surface area contributed by atoms with Crippen molar-refractivity contribution in [2.75, 3.05) is 6.61 Å². The lowest BCUT2D eigenvalue weighted by Gasteiger charge is -2.55. The largest absolute Gasteiger partial charge is 0.465 e. The average Bonchev–Trinajstić information content (AvgIpc) is 2.76. The van der Waals surface area contributed by atoms with Crippen molar-refractivity contribution in [2.45, 2.75) is 64.3 Å². The fourth-order valence-corrected chi connectivity index (χ4v) is 6.74. The molecule has 31 heavy (non-hydrogen) atoms. The van der Waals surface area contributed by atoms with Crippen molar-refractivity contribution >= 4 is 5.97 Å². The number of ether oxygens (including phenoxy) is 1. The minimum Gasteiger partial charge on any atom is -0.465 e. The van der Waals surface area contributed by atoms with Gasteiger partial charge in [-0.15, -0.1) is 0 Å². The summed E-state index contributed by atoms with van der Waals surface area (Å²) in [6, 6.07) is 8.65. The molecule has 164 valence electrons. The quantitative estimate of drug-likeness (QED) is 0.360. The van der Waals surface area contributed by atoms with Crippen LogP contribution in [0.15, 0.2) is 49.1 Å². The van der Waals surface area contributed by atoms with Gasteiger partial charge in [-0.1, -0.05) is 0 Å². The molecule has 4 saturated carbocycles. The lowest BCUT2D eigenvalue weighted by atomic mass is 9.49. The van der Waals surface area contributed by atoms with Gasteiger partial charge in [0.05, 0.1) is 12.0 Å². The van der Waals surface area contributed by atoms with Gasteiger partial charge in [0.1, 0.15) is 13.6 Å². The fourth-order valence-electron chi connectivity index (χ4n) is 6.74. The molecule has 4 aliphatic carbocycles. The zero-order valence-electron chi connectivity index (χ0n) is 18.8. The number of carbonyl (C=O) groups excluding carboxylic acids is 1. The predicted octanol–water partition coefficient (Wildman–Crippen LogP) is 4.40. The molecule has 4 nitrogen and oxygen atoms in total. The van der Waals surface area contributed by atoms with Crippen molar-refractivity contribution in [1.29, 1.82) is 0 Å². The standard InChI is InChI=1S/C27H36N2O2/c1-28-10-5-24(6-11-28)25-7-12-29(13-8-25)9-3-2-4-14-31-26(30)27-18-21-15-22(19-27)17-23(16-21)20-27/h5-8,10-13,21-23H,2-4,9,14-20H2,1H3/q+2. The molecule has 6 rings (SSSR count). The molecular formula is C27H36N2O2+2. The molecule has 0 N–H and O–H groups in total. The first-order chi connectivity index (χ1) is 15.1. The third-order valence-corrected chi connectivity index (χ3v) is 7.97. The molecule has 0 atom stereocenters. The number of aromatic nitrogens is 2. The Morgan fingerprint density at radius 3 is 2.00 bits per heavy atom. The van der Waals surface area contributed by atoms with Gasteiger partial charge in [-0.25, -0.2) is 9.13 Å². The third-order valence-electron chi connectivity index (χ3n) is 7.97. The van der Waals surface area contributed by atoms with Gasteiger partial charge in [-0.05, 0) is 80.2 Å². The molecule has 0 aromatic carbocycles. The van der Waals surface area contributed by atoms with E-state index in [0.29, 0.717) is 6.61 Å². The molecule has 4 bridgehead atoms. The molecule has 0 radical (unpaired) electrons. The molecule has 0 amide bonds. The van der Waals surface area contributed by atoms with Crippen molar-refractivity contribution in [3.63, 3.8) is 0 Å². The van der Waals surface area contributed by atoms with E-state index < -0.39 is 0 Å². The second-order valence-corrected chi connectivity index (χ2v) is 10.5. The molecule has 4 aliphatic rings. The number of nitrogens with zero attached hydrogens (tertiary/aromatic N) is 2. The van der Waals surface area contributed by atoms with E-state index in [4.69, 9.17) is 4.74 Å². The fraction of sp³-hybridized carbons (Fsp3) is 0.593. The van der Waals surface area contributed by atoms with Crippen LogP contribution < -0.4 is 9.13 Å². The van der Waals surface area contributed by atoms with Crippen LogP contribution >= 0.6 is 0 Å². The Bertz CT molecular complexity index is 869. The lowest BCUT2D eigenvalue weighted by Crippen LogP contribution is -2.50. The maximum atomic E-state index is 12.9. The lowest BCUT2D eigenvalue weighted by molar-refractivity contribution is -0.697. The number of aryl methyl sites for hydroxylation is 2. The van der Waals surface area contributed by atoms with E-state index in [0.717, 1.165) is 62.8 Å². The monoisotopic (exact) mass is 420 g/mol. The highest BCUT2D eigenvalue weighted by Gasteiger charge is 2.55. The molecule has 4 heteroatoms. The number of unbranched alkanes of at least 4 members (excludes halogenated alkanes) is 2. The van der Waals surface area contributed by atoms with Crippen LogP contribution in [0.3, 0.4) is 0 Å². The molecule has 2 aromatic heterocycles. The van der Waals surface area contributed by atoms with E-state index in [1.165, 1.54) is 30.4 Å². The van der Waals surface area contributed by atoms with Crippen molar-refractivity contribution in [3.05, 3.63) is 49.1 Å². The van der Waals surface area contributed by atoms with E-state index in [1.54, 1.807) is 0 Å². The van der Waals surface area contributed by atoms with E-state index in [9.17, 15) is 4.79 Å². The normalized spacial score (nSPS) is 28.6. The minimum absolute atomic E-state index is 0.109. The number of rotatable bonds is 8. The van der Waals surface area contributed by atoms with Gasteiger partial charge in [0.25, 0.3) is 0 Å². The number of carbonyl (C=O) groups is 1. The van der Waals surface area contributed by atoms with Crippen LogP contribution in [0.4, 0.5) is 0 Å². The summed E-state index contributed by atoms with van der Waals surface area (Å²) in [5.41, 5.74) is 2.38. The molecule has 0 unspecified atom stereocenters. The summed E-state index contributed by atoms with van der Waals surface area (Å²) in [4.78, 5) is 12.9. The Kier molecular flexibility index (Phi) is 5.81. The van der Waals surface area contributed by atoms with Gasteiger partial charge in [-0.2, -0.15) is 0 Å². The molecule has 0 saturated heterocycles. The van der Waals surface area contributed by atoms with E-state index >= 15 is 0 Å². The predicted molar refractivity (Wildman–Crippen MR) is 119 cm³/mol. The maximum absolute atomic E-state index is 12.9. The summed E-state index contributed by atoms with van der Waals surface area (Å²) in [6.07, 6.45) is 19.1. The van der Waals surface area contributed by atoms with Crippen molar-refractivity contribution in [3.8, 4) is 11.1 Å². The minimum atomic E-state index is -0.109. The van der Waals surface area contributed by atoms with E-state index in [-0.39, 0.29) is 11.4 Å². The summed E-state index contributed by atoms with van der Waals surface area (Å²) in [7, 11) is 2.03. The van der Waals surface area contributed by atoms with Gasteiger partial charge in [0, 0.05) is 30.7 Å². The van der Waals surface area contributed by atoms with Crippen molar-refractivity contribution in [1.82, 2.24) is 0 Å². The van der Waals surface area contributed by atoms with Gasteiger partial charge < -0.3 is 4.74 Å². The summed E-state index contributed by atoms with van der Waals surface area (Å²) in [5.74, 6) is 2.53. The highest BCUT2D eigenvalue weighted by atomic mass is 16.5. The Labute approximate surface area is 186 Å². The summed E-state index contributed by atoms with van der Waals surface area (Å²) in [5, 5.41) is 0. The van der Waals surface area contributed by atoms with Crippen LogP contribution in [0.2, 0.25) is 0 Å². The van der Waals surface area contributed by atoms with Crippen molar-refractivity contribution < 1.29 is 18.7 Å². The van der Waals surface area contributed by atoms with Gasteiger partial charge >= 0.3 is 5.97 Å². The first-order valence-corrected chi connectivity index (χ1v) is 12.2. The first-order valence-electron chi connectivity index (χ1n) is 12.2. The summed E-state index contributed by atoms with van der Waals surface area (Å²) >= 11 is 0.